The Morgan fingerprint density at radius 3 is 2.30 bits per heavy atom. The fourth-order valence-electron chi connectivity index (χ4n) is 3.25. The second kappa shape index (κ2) is 8.02. The van der Waals surface area contributed by atoms with Gasteiger partial charge in [0, 0.05) is 13.1 Å². The maximum Gasteiger partial charge on any atom is 2.00 e. The molecular formula is C18H21CuN5O3+2. The molecule has 27 heavy (non-hydrogen) atoms. The van der Waals surface area contributed by atoms with E-state index in [4.69, 9.17) is 0 Å². The molecule has 145 valence electrons. The van der Waals surface area contributed by atoms with Gasteiger partial charge in [0.15, 0.2) is 5.69 Å². The van der Waals surface area contributed by atoms with Gasteiger partial charge in [-0.3, -0.25) is 29.1 Å². The third-order valence-corrected chi connectivity index (χ3v) is 4.69. The van der Waals surface area contributed by atoms with E-state index >= 15 is 0 Å². The molecule has 0 saturated heterocycles. The van der Waals surface area contributed by atoms with Crippen LogP contribution in [0.1, 0.15) is 53.1 Å². The maximum absolute atomic E-state index is 12.9. The summed E-state index contributed by atoms with van der Waals surface area (Å²) < 4.78 is 1.31. The molecule has 8 nitrogen and oxygen atoms in total. The summed E-state index contributed by atoms with van der Waals surface area (Å²) in [6.07, 6.45) is 1.38. The summed E-state index contributed by atoms with van der Waals surface area (Å²) >= 11 is 0. The van der Waals surface area contributed by atoms with Crippen LogP contribution in [0.5, 0.6) is 0 Å². The second-order valence-electron chi connectivity index (χ2n) is 6.30. The van der Waals surface area contributed by atoms with Crippen LogP contribution in [0.25, 0.3) is 0 Å². The first-order valence-electron chi connectivity index (χ1n) is 8.58. The first kappa shape index (κ1) is 20.8. The molecule has 0 spiro atoms. The number of nitrogens with zero attached hydrogens (tertiary/aromatic N) is 4. The number of amides is 2. The van der Waals surface area contributed by atoms with Crippen LogP contribution in [0.15, 0.2) is 33.2 Å². The SMILES string of the molecule is CCC(CC)N1C(=O)c2cccc(N=Nc3c(C)[nH]n(C)c3=O)c2C1=O.[Cu+2]. The third kappa shape index (κ3) is 3.40. The van der Waals surface area contributed by atoms with Crippen molar-refractivity contribution in [3.8, 4) is 0 Å². The monoisotopic (exact) mass is 418 g/mol. The number of H-pyrrole nitrogens is 1. The van der Waals surface area contributed by atoms with Gasteiger partial charge in [0.2, 0.25) is 0 Å². The molecule has 0 saturated carbocycles. The minimum atomic E-state index is -0.355. The number of carbonyl (C=O) groups is 2. The van der Waals surface area contributed by atoms with Gasteiger partial charge < -0.3 is 0 Å². The molecule has 1 aromatic carbocycles. The topological polar surface area (TPSA) is 99.9 Å². The number of hydrogen-bond acceptors (Lipinski definition) is 5. The molecule has 0 atom stereocenters. The predicted octanol–water partition coefficient (Wildman–Crippen LogP) is 3.22. The number of rotatable bonds is 5. The van der Waals surface area contributed by atoms with E-state index in [0.717, 1.165) is 0 Å². The fourth-order valence-corrected chi connectivity index (χ4v) is 3.25. The molecule has 0 bridgehead atoms. The number of nitrogens with one attached hydrogen (secondary N) is 1. The number of azo groups is 1. The Balaban J connectivity index is 0.00000261. The van der Waals surface area contributed by atoms with Gasteiger partial charge in [-0.05, 0) is 31.9 Å². The number of fused-ring (bicyclic) bond motifs is 1. The number of carbonyl (C=O) groups excluding carboxylic acids is 2. The molecule has 1 N–H and O–H groups in total. The average molecular weight is 419 g/mol. The summed E-state index contributed by atoms with van der Waals surface area (Å²) in [6, 6.07) is 4.76. The van der Waals surface area contributed by atoms with Gasteiger partial charge in [-0.25, -0.2) is 0 Å². The fraction of sp³-hybridized carbons (Fsp3) is 0.389. The Labute approximate surface area is 167 Å². The zero-order valence-corrected chi connectivity index (χ0v) is 16.5. The Morgan fingerprint density at radius 2 is 1.74 bits per heavy atom. The van der Waals surface area contributed by atoms with Crippen LogP contribution in [-0.4, -0.2) is 32.5 Å². The summed E-state index contributed by atoms with van der Waals surface area (Å²) in [5.41, 5.74) is 1.32. The molecule has 2 aromatic rings. The van der Waals surface area contributed by atoms with E-state index in [-0.39, 0.29) is 57.4 Å². The largest absolute Gasteiger partial charge is 2.00 e. The van der Waals surface area contributed by atoms with Gasteiger partial charge in [0.05, 0.1) is 22.5 Å². The molecule has 0 aliphatic carbocycles. The molecule has 1 aliphatic rings. The van der Waals surface area contributed by atoms with E-state index in [1.165, 1.54) is 9.58 Å². The maximum atomic E-state index is 12.9. The van der Waals surface area contributed by atoms with Crippen molar-refractivity contribution in [1.82, 2.24) is 14.7 Å². The Morgan fingerprint density at radius 1 is 1.07 bits per heavy atom. The number of imide groups is 1. The van der Waals surface area contributed by atoms with Crippen molar-refractivity contribution in [1.29, 1.82) is 0 Å². The predicted molar refractivity (Wildman–Crippen MR) is 96.3 cm³/mol. The van der Waals surface area contributed by atoms with Crippen molar-refractivity contribution >= 4 is 23.2 Å². The minimum Gasteiger partial charge on any atom is -0.298 e. The van der Waals surface area contributed by atoms with E-state index in [0.29, 0.717) is 24.1 Å². The number of aromatic amines is 1. The summed E-state index contributed by atoms with van der Waals surface area (Å²) in [5, 5.41) is 11.0. The van der Waals surface area contributed by atoms with E-state index in [1.54, 1.807) is 32.2 Å². The van der Waals surface area contributed by atoms with Crippen LogP contribution >= 0.6 is 0 Å². The van der Waals surface area contributed by atoms with Gasteiger partial charge in [-0.15, -0.1) is 10.2 Å². The smallest absolute Gasteiger partial charge is 0.298 e. The average Bonchev–Trinajstić information content (AvgIpc) is 3.02. The van der Waals surface area contributed by atoms with Gasteiger partial charge in [0.25, 0.3) is 17.4 Å². The molecular weight excluding hydrogens is 398 g/mol. The summed E-state index contributed by atoms with van der Waals surface area (Å²) in [6.45, 7) is 5.61. The first-order valence-corrected chi connectivity index (χ1v) is 8.58. The Hall–Kier alpha value is -2.51. The number of aryl methyl sites for hydroxylation is 2. The van der Waals surface area contributed by atoms with Crippen molar-refractivity contribution < 1.29 is 26.7 Å². The van der Waals surface area contributed by atoms with Gasteiger partial charge in [0.1, 0.15) is 0 Å². The molecule has 9 heteroatoms. The first-order chi connectivity index (χ1) is 12.4. The van der Waals surface area contributed by atoms with Crippen LogP contribution in [0, 0.1) is 6.92 Å². The molecule has 2 amide bonds. The molecule has 0 unspecified atom stereocenters. The van der Waals surface area contributed by atoms with Gasteiger partial charge in [-0.2, -0.15) is 0 Å². The van der Waals surface area contributed by atoms with Crippen LogP contribution < -0.4 is 5.56 Å². The molecule has 1 radical (unpaired) electrons. The van der Waals surface area contributed by atoms with E-state index < -0.39 is 0 Å². The van der Waals surface area contributed by atoms with Crippen LogP contribution in [0.2, 0.25) is 0 Å². The number of benzene rings is 1. The van der Waals surface area contributed by atoms with Gasteiger partial charge in [-0.1, -0.05) is 19.9 Å². The van der Waals surface area contributed by atoms with Crippen molar-refractivity contribution in [2.45, 2.75) is 39.7 Å². The summed E-state index contributed by atoms with van der Waals surface area (Å²) in [7, 11) is 1.59. The molecule has 1 aliphatic heterocycles. The van der Waals surface area contributed by atoms with Gasteiger partial charge >= 0.3 is 17.1 Å². The van der Waals surface area contributed by atoms with Crippen LogP contribution in [-0.2, 0) is 24.1 Å². The van der Waals surface area contributed by atoms with Crippen molar-refractivity contribution in [2.75, 3.05) is 0 Å². The quantitative estimate of drug-likeness (QED) is 0.458. The van der Waals surface area contributed by atoms with Crippen molar-refractivity contribution in [3.63, 3.8) is 0 Å². The Kier molecular flexibility index (Phi) is 6.18. The number of aromatic nitrogens is 2. The van der Waals surface area contributed by atoms with Crippen LogP contribution in [0.3, 0.4) is 0 Å². The zero-order chi connectivity index (χ0) is 19.0. The van der Waals surface area contributed by atoms with Crippen LogP contribution in [0.4, 0.5) is 11.4 Å². The summed E-state index contributed by atoms with van der Waals surface area (Å²) in [4.78, 5) is 38.9. The third-order valence-electron chi connectivity index (χ3n) is 4.69. The van der Waals surface area contributed by atoms with E-state index in [2.05, 4.69) is 15.3 Å². The van der Waals surface area contributed by atoms with E-state index in [1.807, 2.05) is 13.8 Å². The second-order valence-corrected chi connectivity index (χ2v) is 6.30. The number of hydrogen-bond donors (Lipinski definition) is 1. The summed E-state index contributed by atoms with van der Waals surface area (Å²) in [5.74, 6) is -0.656. The van der Waals surface area contributed by atoms with E-state index in [9.17, 15) is 14.4 Å². The normalized spacial score (nSPS) is 13.6. The Bertz CT molecular complexity index is 972. The molecule has 1 aromatic heterocycles. The molecule has 0 fully saturated rings. The minimum absolute atomic E-state index is 0. The molecule has 2 heterocycles. The van der Waals surface area contributed by atoms with Crippen molar-refractivity contribution in [2.24, 2.45) is 17.3 Å². The molecule has 3 rings (SSSR count). The standard InChI is InChI=1S/C18H21N5O3.Cu/c1-5-11(6-2)23-16(24)12-8-7-9-13(14(12)17(23)25)19-20-15-10(3)21-22(4)18(15)26;/h7-9,11,21H,5-6H2,1-4H3;/q;+2. The van der Waals surface area contributed by atoms with Crippen molar-refractivity contribution in [3.05, 3.63) is 45.4 Å². The zero-order valence-electron chi connectivity index (χ0n) is 15.5.